The van der Waals surface area contributed by atoms with Crippen LogP contribution < -0.4 is 5.73 Å². The van der Waals surface area contributed by atoms with Crippen LogP contribution in [-0.2, 0) is 0 Å². The molecular weight excluding hydrogens is 217 g/mol. The third kappa shape index (κ3) is 3.63. The lowest BCUT2D eigenvalue weighted by atomic mass is 9.68. The Hall–Kier alpha value is -0.290. The van der Waals surface area contributed by atoms with Gasteiger partial charge in [-0.2, -0.15) is 13.2 Å². The van der Waals surface area contributed by atoms with Gasteiger partial charge in [-0.25, -0.2) is 0 Å². The first-order valence-corrected chi connectivity index (χ1v) is 5.79. The van der Waals surface area contributed by atoms with Crippen molar-refractivity contribution < 1.29 is 13.2 Å². The van der Waals surface area contributed by atoms with Crippen molar-refractivity contribution in [2.45, 2.75) is 45.3 Å². The molecule has 2 nitrogen and oxygen atoms in total. The molecule has 0 aromatic heterocycles. The smallest absolute Gasteiger partial charge is 0.330 e. The minimum Gasteiger partial charge on any atom is -0.330 e. The van der Waals surface area contributed by atoms with Gasteiger partial charge < -0.3 is 5.73 Å². The van der Waals surface area contributed by atoms with E-state index in [4.69, 9.17) is 5.73 Å². The van der Waals surface area contributed by atoms with Crippen LogP contribution in [0.4, 0.5) is 13.2 Å². The molecule has 2 N–H and O–H groups in total. The third-order valence-electron chi connectivity index (χ3n) is 3.50. The molecule has 1 fully saturated rings. The summed E-state index contributed by atoms with van der Waals surface area (Å²) in [5, 5.41) is 0. The first-order chi connectivity index (χ1) is 7.28. The van der Waals surface area contributed by atoms with Gasteiger partial charge in [0.1, 0.15) is 0 Å². The van der Waals surface area contributed by atoms with Gasteiger partial charge in [0.05, 0.1) is 6.54 Å². The second-order valence-electron chi connectivity index (χ2n) is 5.17. The van der Waals surface area contributed by atoms with E-state index in [9.17, 15) is 13.2 Å². The molecule has 96 valence electrons. The standard InChI is InChI=1S/C11H21F3N2/c1-9(2)16(8-11(12,13)14)7-10(6-15)4-3-5-10/h9H,3-8,15H2,1-2H3. The summed E-state index contributed by atoms with van der Waals surface area (Å²) < 4.78 is 37.2. The summed E-state index contributed by atoms with van der Waals surface area (Å²) in [5.41, 5.74) is 5.61. The van der Waals surface area contributed by atoms with E-state index >= 15 is 0 Å². The number of alkyl halides is 3. The van der Waals surface area contributed by atoms with E-state index in [1.165, 1.54) is 4.90 Å². The molecule has 0 bridgehead atoms. The zero-order valence-electron chi connectivity index (χ0n) is 9.98. The van der Waals surface area contributed by atoms with Crippen LogP contribution in [0.1, 0.15) is 33.1 Å². The number of halogens is 3. The summed E-state index contributed by atoms with van der Waals surface area (Å²) in [6.07, 6.45) is -1.10. The lowest BCUT2D eigenvalue weighted by Gasteiger charge is -2.45. The average molecular weight is 238 g/mol. The highest BCUT2D eigenvalue weighted by Crippen LogP contribution is 2.41. The molecule has 1 aliphatic rings. The molecular formula is C11H21F3N2. The van der Waals surface area contributed by atoms with Crippen LogP contribution in [0.25, 0.3) is 0 Å². The monoisotopic (exact) mass is 238 g/mol. The van der Waals surface area contributed by atoms with E-state index in [0.717, 1.165) is 19.3 Å². The maximum absolute atomic E-state index is 12.4. The summed E-state index contributed by atoms with van der Waals surface area (Å²) in [4.78, 5) is 1.49. The Morgan fingerprint density at radius 1 is 1.31 bits per heavy atom. The Bertz CT molecular complexity index is 216. The first kappa shape index (κ1) is 13.8. The fourth-order valence-electron chi connectivity index (χ4n) is 2.19. The van der Waals surface area contributed by atoms with E-state index in [0.29, 0.717) is 13.1 Å². The molecule has 0 saturated heterocycles. The fourth-order valence-corrected chi connectivity index (χ4v) is 2.19. The third-order valence-corrected chi connectivity index (χ3v) is 3.50. The zero-order valence-corrected chi connectivity index (χ0v) is 9.98. The predicted molar refractivity (Wildman–Crippen MR) is 58.1 cm³/mol. The minimum absolute atomic E-state index is 0.0600. The van der Waals surface area contributed by atoms with Gasteiger partial charge in [-0.15, -0.1) is 0 Å². The van der Waals surface area contributed by atoms with Gasteiger partial charge in [0.25, 0.3) is 0 Å². The summed E-state index contributed by atoms with van der Waals surface area (Å²) in [6.45, 7) is 3.74. The molecule has 0 aromatic rings. The normalized spacial score (nSPS) is 20.2. The number of nitrogens with zero attached hydrogens (tertiary/aromatic N) is 1. The van der Waals surface area contributed by atoms with Gasteiger partial charge in [0.15, 0.2) is 0 Å². The van der Waals surface area contributed by atoms with E-state index in [-0.39, 0.29) is 11.5 Å². The Labute approximate surface area is 95.0 Å². The molecule has 0 spiro atoms. The minimum atomic E-state index is -4.12. The van der Waals surface area contributed by atoms with Crippen LogP contribution >= 0.6 is 0 Å². The Morgan fingerprint density at radius 3 is 2.12 bits per heavy atom. The zero-order chi connectivity index (χ0) is 12.4. The van der Waals surface area contributed by atoms with Crippen molar-refractivity contribution in [2.24, 2.45) is 11.1 Å². The van der Waals surface area contributed by atoms with Crippen LogP contribution in [0, 0.1) is 5.41 Å². The van der Waals surface area contributed by atoms with E-state index in [1.54, 1.807) is 13.8 Å². The highest BCUT2D eigenvalue weighted by atomic mass is 19.4. The lowest BCUT2D eigenvalue weighted by Crippen LogP contribution is -2.51. The van der Waals surface area contributed by atoms with Crippen LogP contribution in [0.15, 0.2) is 0 Å². The largest absolute Gasteiger partial charge is 0.401 e. The highest BCUT2D eigenvalue weighted by Gasteiger charge is 2.40. The lowest BCUT2D eigenvalue weighted by molar-refractivity contribution is -0.155. The van der Waals surface area contributed by atoms with Crippen molar-refractivity contribution in [1.29, 1.82) is 0 Å². The van der Waals surface area contributed by atoms with Crippen molar-refractivity contribution in [3.63, 3.8) is 0 Å². The van der Waals surface area contributed by atoms with Gasteiger partial charge >= 0.3 is 6.18 Å². The maximum atomic E-state index is 12.4. The Balaban J connectivity index is 2.57. The molecule has 0 unspecified atom stereocenters. The number of hydrogen-bond donors (Lipinski definition) is 1. The first-order valence-electron chi connectivity index (χ1n) is 5.79. The van der Waals surface area contributed by atoms with Gasteiger partial charge in [0, 0.05) is 12.6 Å². The molecule has 0 heterocycles. The molecule has 0 aliphatic heterocycles. The SMILES string of the molecule is CC(C)N(CC(F)(F)F)CC1(CN)CCC1. The molecule has 1 rings (SSSR count). The van der Waals surface area contributed by atoms with E-state index in [1.807, 2.05) is 0 Å². The summed E-state index contributed by atoms with van der Waals surface area (Å²) in [6, 6.07) is -0.0920. The number of rotatable bonds is 5. The van der Waals surface area contributed by atoms with Gasteiger partial charge in [0.2, 0.25) is 0 Å². The Morgan fingerprint density at radius 2 is 1.88 bits per heavy atom. The molecule has 0 aromatic carbocycles. The molecule has 0 amide bonds. The second kappa shape index (κ2) is 4.92. The topological polar surface area (TPSA) is 29.3 Å². The number of hydrogen-bond acceptors (Lipinski definition) is 2. The van der Waals surface area contributed by atoms with E-state index in [2.05, 4.69) is 0 Å². The van der Waals surface area contributed by atoms with Crippen molar-refractivity contribution >= 4 is 0 Å². The van der Waals surface area contributed by atoms with Crippen molar-refractivity contribution in [3.8, 4) is 0 Å². The van der Waals surface area contributed by atoms with Crippen molar-refractivity contribution in [3.05, 3.63) is 0 Å². The highest BCUT2D eigenvalue weighted by molar-refractivity contribution is 4.92. The molecule has 0 radical (unpaired) electrons. The van der Waals surface area contributed by atoms with Crippen LogP contribution in [0.5, 0.6) is 0 Å². The van der Waals surface area contributed by atoms with Gasteiger partial charge in [-0.05, 0) is 38.6 Å². The molecule has 16 heavy (non-hydrogen) atoms. The van der Waals surface area contributed by atoms with Crippen LogP contribution in [0.3, 0.4) is 0 Å². The molecule has 1 saturated carbocycles. The van der Waals surface area contributed by atoms with Crippen molar-refractivity contribution in [2.75, 3.05) is 19.6 Å². The number of nitrogens with two attached hydrogens (primary N) is 1. The fraction of sp³-hybridized carbons (Fsp3) is 1.00. The van der Waals surface area contributed by atoms with Gasteiger partial charge in [-0.3, -0.25) is 4.90 Å². The van der Waals surface area contributed by atoms with Crippen molar-refractivity contribution in [1.82, 2.24) is 4.90 Å². The summed E-state index contributed by atoms with van der Waals surface area (Å²) >= 11 is 0. The summed E-state index contributed by atoms with van der Waals surface area (Å²) in [5.74, 6) is 0. The Kier molecular flexibility index (Phi) is 4.23. The molecule has 1 aliphatic carbocycles. The summed E-state index contributed by atoms with van der Waals surface area (Å²) in [7, 11) is 0. The van der Waals surface area contributed by atoms with Crippen LogP contribution in [0.2, 0.25) is 0 Å². The van der Waals surface area contributed by atoms with E-state index < -0.39 is 12.7 Å². The quantitative estimate of drug-likeness (QED) is 0.797. The molecule has 5 heteroatoms. The molecule has 0 atom stereocenters. The average Bonchev–Trinajstić information content (AvgIpc) is 2.07. The maximum Gasteiger partial charge on any atom is 0.401 e. The van der Waals surface area contributed by atoms with Gasteiger partial charge in [-0.1, -0.05) is 6.42 Å². The predicted octanol–water partition coefficient (Wildman–Crippen LogP) is 2.39. The second-order valence-corrected chi connectivity index (χ2v) is 5.17. The van der Waals surface area contributed by atoms with Crippen LogP contribution in [-0.4, -0.2) is 36.8 Å².